The smallest absolute Gasteiger partial charge is 0.252 e. The highest BCUT2D eigenvalue weighted by Crippen LogP contribution is 2.10. The van der Waals surface area contributed by atoms with E-state index in [4.69, 9.17) is 5.11 Å². The molecule has 0 saturated carbocycles. The molecule has 0 aliphatic heterocycles. The molecule has 1 heterocycles. The number of para-hydroxylation sites is 1. The van der Waals surface area contributed by atoms with Crippen molar-refractivity contribution in [3.05, 3.63) is 46.2 Å². The van der Waals surface area contributed by atoms with Crippen LogP contribution in [0.1, 0.15) is 12.5 Å². The standard InChI is InChI=1S/C15H18N2O3/c1-2-17(7-8-18)14(19)10-12-9-11-5-3-4-6-13(11)16-15(12)20/h3-6,9,18H,2,7-8,10H2,1H3,(H,16,20). The summed E-state index contributed by atoms with van der Waals surface area (Å²) in [4.78, 5) is 28.4. The largest absolute Gasteiger partial charge is 0.395 e. The molecule has 2 rings (SSSR count). The van der Waals surface area contributed by atoms with Crippen molar-refractivity contribution < 1.29 is 9.90 Å². The van der Waals surface area contributed by atoms with E-state index in [9.17, 15) is 9.59 Å². The third kappa shape index (κ3) is 3.05. The van der Waals surface area contributed by atoms with Crippen LogP contribution in [0.15, 0.2) is 35.1 Å². The molecule has 20 heavy (non-hydrogen) atoms. The quantitative estimate of drug-likeness (QED) is 0.851. The summed E-state index contributed by atoms with van der Waals surface area (Å²) < 4.78 is 0. The Balaban J connectivity index is 2.27. The van der Waals surface area contributed by atoms with Crippen LogP contribution >= 0.6 is 0 Å². The van der Waals surface area contributed by atoms with E-state index in [2.05, 4.69) is 4.98 Å². The number of H-pyrrole nitrogens is 1. The number of likely N-dealkylation sites (N-methyl/N-ethyl adjacent to an activating group) is 1. The van der Waals surface area contributed by atoms with Crippen LogP contribution in [0.3, 0.4) is 0 Å². The zero-order valence-corrected chi connectivity index (χ0v) is 11.4. The van der Waals surface area contributed by atoms with Crippen LogP contribution in [0.2, 0.25) is 0 Å². The first-order valence-electron chi connectivity index (χ1n) is 6.65. The molecular weight excluding hydrogens is 256 g/mol. The number of nitrogens with one attached hydrogen (secondary N) is 1. The van der Waals surface area contributed by atoms with Gasteiger partial charge in [0, 0.05) is 24.2 Å². The van der Waals surface area contributed by atoms with Gasteiger partial charge in [-0.1, -0.05) is 18.2 Å². The maximum Gasteiger partial charge on any atom is 0.252 e. The van der Waals surface area contributed by atoms with Gasteiger partial charge in [-0.2, -0.15) is 0 Å². The normalized spacial score (nSPS) is 10.7. The van der Waals surface area contributed by atoms with Crippen LogP contribution in [0.5, 0.6) is 0 Å². The Labute approximate surface area is 116 Å². The first kappa shape index (κ1) is 14.3. The second-order valence-electron chi connectivity index (χ2n) is 4.58. The Kier molecular flexibility index (Phi) is 4.53. The predicted molar refractivity (Wildman–Crippen MR) is 77.6 cm³/mol. The van der Waals surface area contributed by atoms with Crippen LogP contribution in [0.4, 0.5) is 0 Å². The molecule has 0 bridgehead atoms. The van der Waals surface area contributed by atoms with E-state index in [1.807, 2.05) is 31.2 Å². The van der Waals surface area contributed by atoms with Gasteiger partial charge in [-0.25, -0.2) is 0 Å². The van der Waals surface area contributed by atoms with Crippen LogP contribution in [0.25, 0.3) is 10.9 Å². The van der Waals surface area contributed by atoms with E-state index in [1.54, 1.807) is 6.07 Å². The van der Waals surface area contributed by atoms with Crippen molar-refractivity contribution in [2.45, 2.75) is 13.3 Å². The van der Waals surface area contributed by atoms with Crippen molar-refractivity contribution >= 4 is 16.8 Å². The van der Waals surface area contributed by atoms with Gasteiger partial charge in [-0.3, -0.25) is 9.59 Å². The molecule has 5 heteroatoms. The molecule has 0 spiro atoms. The maximum absolute atomic E-state index is 12.1. The number of benzene rings is 1. The molecule has 0 fully saturated rings. The maximum atomic E-state index is 12.1. The van der Waals surface area contributed by atoms with Crippen molar-refractivity contribution in [3.8, 4) is 0 Å². The fourth-order valence-corrected chi connectivity index (χ4v) is 2.18. The third-order valence-electron chi connectivity index (χ3n) is 3.28. The van der Waals surface area contributed by atoms with E-state index >= 15 is 0 Å². The minimum atomic E-state index is -0.239. The van der Waals surface area contributed by atoms with Crippen LogP contribution < -0.4 is 5.56 Å². The second kappa shape index (κ2) is 6.34. The highest BCUT2D eigenvalue weighted by Gasteiger charge is 2.14. The van der Waals surface area contributed by atoms with Gasteiger partial charge >= 0.3 is 0 Å². The Hall–Kier alpha value is -2.14. The molecule has 0 atom stereocenters. The number of amides is 1. The van der Waals surface area contributed by atoms with E-state index in [0.29, 0.717) is 18.7 Å². The van der Waals surface area contributed by atoms with Gasteiger partial charge in [-0.05, 0) is 24.4 Å². The Morgan fingerprint density at radius 3 is 2.80 bits per heavy atom. The lowest BCUT2D eigenvalue weighted by molar-refractivity contribution is -0.130. The van der Waals surface area contributed by atoms with Crippen LogP contribution in [-0.4, -0.2) is 40.6 Å². The highest BCUT2D eigenvalue weighted by atomic mass is 16.3. The Bertz CT molecular complexity index is 663. The number of nitrogens with zero attached hydrogens (tertiary/aromatic N) is 1. The molecule has 5 nitrogen and oxygen atoms in total. The summed E-state index contributed by atoms with van der Waals surface area (Å²) in [5.74, 6) is -0.151. The van der Waals surface area contributed by atoms with Gasteiger partial charge in [0.2, 0.25) is 5.91 Å². The molecule has 1 aromatic heterocycles. The lowest BCUT2D eigenvalue weighted by Crippen LogP contribution is -2.35. The molecule has 0 unspecified atom stereocenters. The first-order chi connectivity index (χ1) is 9.65. The minimum Gasteiger partial charge on any atom is -0.395 e. The van der Waals surface area contributed by atoms with Crippen molar-refractivity contribution in [2.75, 3.05) is 19.7 Å². The molecule has 0 aliphatic carbocycles. The predicted octanol–water partition coefficient (Wildman–Crippen LogP) is 0.911. The molecule has 2 aromatic rings. The average molecular weight is 274 g/mol. The van der Waals surface area contributed by atoms with Gasteiger partial charge < -0.3 is 15.0 Å². The number of carbonyl (C=O) groups excluding carboxylic acids is 1. The number of fused-ring (bicyclic) bond motifs is 1. The number of carbonyl (C=O) groups is 1. The minimum absolute atomic E-state index is 0.0496. The number of aliphatic hydroxyl groups is 1. The molecule has 1 aromatic carbocycles. The van der Waals surface area contributed by atoms with Gasteiger partial charge in [0.25, 0.3) is 5.56 Å². The van der Waals surface area contributed by atoms with Gasteiger partial charge in [0.1, 0.15) is 0 Å². The Morgan fingerprint density at radius 1 is 1.35 bits per heavy atom. The number of pyridine rings is 1. The second-order valence-corrected chi connectivity index (χ2v) is 4.58. The van der Waals surface area contributed by atoms with E-state index in [0.717, 1.165) is 10.9 Å². The molecule has 0 aliphatic rings. The SMILES string of the molecule is CCN(CCO)C(=O)Cc1cc2ccccc2[nH]c1=O. The number of aromatic amines is 1. The summed E-state index contributed by atoms with van der Waals surface area (Å²) in [7, 11) is 0. The number of rotatable bonds is 5. The fourth-order valence-electron chi connectivity index (χ4n) is 2.18. The fraction of sp³-hybridized carbons (Fsp3) is 0.333. The van der Waals surface area contributed by atoms with Crippen molar-refractivity contribution in [1.82, 2.24) is 9.88 Å². The zero-order chi connectivity index (χ0) is 14.5. The summed E-state index contributed by atoms with van der Waals surface area (Å²) >= 11 is 0. The number of aromatic nitrogens is 1. The van der Waals surface area contributed by atoms with Crippen LogP contribution in [0, 0.1) is 0 Å². The van der Waals surface area contributed by atoms with Crippen molar-refractivity contribution in [1.29, 1.82) is 0 Å². The van der Waals surface area contributed by atoms with Gasteiger partial charge in [0.15, 0.2) is 0 Å². The first-order valence-corrected chi connectivity index (χ1v) is 6.65. The van der Waals surface area contributed by atoms with Gasteiger partial charge in [-0.15, -0.1) is 0 Å². The highest BCUT2D eigenvalue weighted by molar-refractivity contribution is 5.82. The Morgan fingerprint density at radius 2 is 2.10 bits per heavy atom. The van der Waals surface area contributed by atoms with E-state index < -0.39 is 0 Å². The number of hydrogen-bond acceptors (Lipinski definition) is 3. The average Bonchev–Trinajstić information content (AvgIpc) is 2.45. The topological polar surface area (TPSA) is 73.4 Å². The summed E-state index contributed by atoms with van der Waals surface area (Å²) in [6.07, 6.45) is 0.0496. The molecule has 0 saturated heterocycles. The molecule has 106 valence electrons. The molecule has 0 radical (unpaired) electrons. The summed E-state index contributed by atoms with van der Waals surface area (Å²) in [5, 5.41) is 9.82. The zero-order valence-electron chi connectivity index (χ0n) is 11.4. The van der Waals surface area contributed by atoms with E-state index in [-0.39, 0.29) is 24.5 Å². The van der Waals surface area contributed by atoms with Crippen molar-refractivity contribution in [3.63, 3.8) is 0 Å². The third-order valence-corrected chi connectivity index (χ3v) is 3.28. The van der Waals surface area contributed by atoms with Gasteiger partial charge in [0.05, 0.1) is 13.0 Å². The van der Waals surface area contributed by atoms with E-state index in [1.165, 1.54) is 4.90 Å². The lowest BCUT2D eigenvalue weighted by Gasteiger charge is -2.19. The number of aliphatic hydroxyl groups excluding tert-OH is 1. The summed E-state index contributed by atoms with van der Waals surface area (Å²) in [5.41, 5.74) is 0.971. The molecule has 2 N–H and O–H groups in total. The molecular formula is C15H18N2O3. The summed E-state index contributed by atoms with van der Waals surface area (Å²) in [6, 6.07) is 9.20. The lowest BCUT2D eigenvalue weighted by atomic mass is 10.1. The number of hydrogen-bond donors (Lipinski definition) is 2. The monoisotopic (exact) mass is 274 g/mol. The van der Waals surface area contributed by atoms with Crippen molar-refractivity contribution in [2.24, 2.45) is 0 Å². The van der Waals surface area contributed by atoms with Crippen LogP contribution in [-0.2, 0) is 11.2 Å². The molecule has 1 amide bonds. The summed E-state index contributed by atoms with van der Waals surface area (Å²) in [6.45, 7) is 2.58.